The normalized spacial score (nSPS) is 21.8. The third kappa shape index (κ3) is 3.86. The van der Waals surface area contributed by atoms with E-state index in [9.17, 15) is 5.11 Å². The molecule has 1 aliphatic heterocycles. The van der Waals surface area contributed by atoms with Crippen LogP contribution in [0.3, 0.4) is 0 Å². The lowest BCUT2D eigenvalue weighted by atomic mass is 9.98. The van der Waals surface area contributed by atoms with Crippen LogP contribution in [0, 0.1) is 17.8 Å². The number of benzene rings is 1. The summed E-state index contributed by atoms with van der Waals surface area (Å²) in [6, 6.07) is 7.61. The van der Waals surface area contributed by atoms with E-state index < -0.39 is 0 Å². The van der Waals surface area contributed by atoms with Crippen LogP contribution < -0.4 is 10.2 Å². The van der Waals surface area contributed by atoms with Gasteiger partial charge in [0.15, 0.2) is 5.96 Å². The molecule has 2 saturated carbocycles. The van der Waals surface area contributed by atoms with Crippen LogP contribution in [0.2, 0.25) is 0 Å². The number of guanidine groups is 1. The van der Waals surface area contributed by atoms with E-state index in [2.05, 4.69) is 20.1 Å². The number of para-hydroxylation sites is 2. The molecule has 136 valence electrons. The first-order valence-corrected chi connectivity index (χ1v) is 9.75. The highest BCUT2D eigenvalue weighted by Gasteiger charge is 2.41. The zero-order valence-electron chi connectivity index (χ0n) is 15.2. The molecule has 4 rings (SSSR count). The molecule has 5 heteroatoms. The largest absolute Gasteiger partial charge is 0.506 e. The summed E-state index contributed by atoms with van der Waals surface area (Å²) < 4.78 is 0. The summed E-state index contributed by atoms with van der Waals surface area (Å²) >= 11 is 0. The molecule has 3 fully saturated rings. The number of nitrogens with one attached hydrogen (secondary N) is 1. The van der Waals surface area contributed by atoms with E-state index in [1.54, 1.807) is 6.07 Å². The van der Waals surface area contributed by atoms with Gasteiger partial charge in [-0.2, -0.15) is 0 Å². The fourth-order valence-electron chi connectivity index (χ4n) is 4.20. The molecule has 0 unspecified atom stereocenters. The first kappa shape index (κ1) is 16.6. The Bertz CT molecular complexity index is 604. The molecular weight excluding hydrogens is 312 g/mol. The van der Waals surface area contributed by atoms with Crippen molar-refractivity contribution in [2.45, 2.75) is 25.7 Å². The van der Waals surface area contributed by atoms with Crippen LogP contribution in [0.15, 0.2) is 29.3 Å². The van der Waals surface area contributed by atoms with E-state index in [-0.39, 0.29) is 0 Å². The maximum atomic E-state index is 10.1. The van der Waals surface area contributed by atoms with Crippen molar-refractivity contribution < 1.29 is 5.11 Å². The van der Waals surface area contributed by atoms with Gasteiger partial charge >= 0.3 is 0 Å². The minimum Gasteiger partial charge on any atom is -0.506 e. The Morgan fingerprint density at radius 1 is 1.12 bits per heavy atom. The van der Waals surface area contributed by atoms with Gasteiger partial charge in [0.2, 0.25) is 0 Å². The van der Waals surface area contributed by atoms with Crippen molar-refractivity contribution in [1.82, 2.24) is 10.2 Å². The van der Waals surface area contributed by atoms with Crippen molar-refractivity contribution in [1.29, 1.82) is 0 Å². The summed E-state index contributed by atoms with van der Waals surface area (Å²) in [6.45, 7) is 4.78. The number of hydrogen-bond donors (Lipinski definition) is 2. The Labute approximate surface area is 150 Å². The quantitative estimate of drug-likeness (QED) is 0.638. The third-order valence-corrected chi connectivity index (χ3v) is 5.96. The van der Waals surface area contributed by atoms with Crippen LogP contribution in [0.4, 0.5) is 5.69 Å². The summed E-state index contributed by atoms with van der Waals surface area (Å²) in [7, 11) is 1.89. The van der Waals surface area contributed by atoms with E-state index in [0.29, 0.717) is 5.75 Å². The molecule has 1 saturated heterocycles. The number of phenols is 1. The van der Waals surface area contributed by atoms with E-state index in [1.165, 1.54) is 25.7 Å². The van der Waals surface area contributed by atoms with Crippen LogP contribution >= 0.6 is 0 Å². The molecule has 0 spiro atoms. The number of aliphatic imine (C=N–C) groups is 1. The van der Waals surface area contributed by atoms with E-state index in [1.807, 2.05) is 25.2 Å². The fourth-order valence-corrected chi connectivity index (χ4v) is 4.20. The number of nitrogens with zero attached hydrogens (tertiary/aromatic N) is 3. The lowest BCUT2D eigenvalue weighted by molar-refractivity contribution is 0.352. The Morgan fingerprint density at radius 2 is 1.76 bits per heavy atom. The Hall–Kier alpha value is -1.91. The van der Waals surface area contributed by atoms with Crippen LogP contribution in [0.25, 0.3) is 0 Å². The van der Waals surface area contributed by atoms with Gasteiger partial charge in [0.1, 0.15) is 5.75 Å². The second kappa shape index (κ2) is 7.14. The van der Waals surface area contributed by atoms with Crippen molar-refractivity contribution in [3.63, 3.8) is 0 Å². The van der Waals surface area contributed by atoms with Crippen LogP contribution in [0.5, 0.6) is 5.75 Å². The number of piperazine rings is 1. The number of hydrogen-bond acceptors (Lipinski definition) is 3. The van der Waals surface area contributed by atoms with Gasteiger partial charge < -0.3 is 20.2 Å². The van der Waals surface area contributed by atoms with Gasteiger partial charge in [-0.15, -0.1) is 0 Å². The molecule has 0 bridgehead atoms. The number of aromatic hydroxyl groups is 1. The van der Waals surface area contributed by atoms with Crippen molar-refractivity contribution in [2.75, 3.05) is 44.7 Å². The zero-order chi connectivity index (χ0) is 17.2. The minimum absolute atomic E-state index is 0.371. The monoisotopic (exact) mass is 342 g/mol. The second-order valence-electron chi connectivity index (χ2n) is 7.73. The Kier molecular flexibility index (Phi) is 4.73. The molecule has 0 radical (unpaired) electrons. The average molecular weight is 342 g/mol. The SMILES string of the molecule is CN=C(NCC(C1CC1)C1CC1)N1CCN(c2ccccc2O)CC1. The highest BCUT2D eigenvalue weighted by atomic mass is 16.3. The van der Waals surface area contributed by atoms with Crippen molar-refractivity contribution in [2.24, 2.45) is 22.7 Å². The summed E-state index contributed by atoms with van der Waals surface area (Å²) in [5.41, 5.74) is 0.938. The van der Waals surface area contributed by atoms with Gasteiger partial charge in [0.25, 0.3) is 0 Å². The summed E-state index contributed by atoms with van der Waals surface area (Å²) in [6.07, 6.45) is 5.72. The van der Waals surface area contributed by atoms with Crippen molar-refractivity contribution >= 4 is 11.6 Å². The molecule has 0 amide bonds. The molecular formula is C20H30N4O. The average Bonchev–Trinajstić information content (AvgIpc) is 3.54. The maximum absolute atomic E-state index is 10.1. The number of phenolic OH excluding ortho intramolecular Hbond substituents is 1. The fraction of sp³-hybridized carbons (Fsp3) is 0.650. The van der Waals surface area contributed by atoms with E-state index in [4.69, 9.17) is 0 Å². The predicted octanol–water partition coefficient (Wildman–Crippen LogP) is 2.53. The molecule has 0 atom stereocenters. The Balaban J connectivity index is 1.30. The second-order valence-corrected chi connectivity index (χ2v) is 7.73. The molecule has 1 aromatic rings. The van der Waals surface area contributed by atoms with Crippen LogP contribution in [-0.2, 0) is 0 Å². The van der Waals surface area contributed by atoms with E-state index >= 15 is 0 Å². The number of rotatable bonds is 5. The van der Waals surface area contributed by atoms with Gasteiger partial charge in [-0.1, -0.05) is 12.1 Å². The molecule has 1 heterocycles. The molecule has 5 nitrogen and oxygen atoms in total. The molecule has 25 heavy (non-hydrogen) atoms. The van der Waals surface area contributed by atoms with Gasteiger partial charge in [0.05, 0.1) is 5.69 Å². The smallest absolute Gasteiger partial charge is 0.193 e. The topological polar surface area (TPSA) is 51.1 Å². The van der Waals surface area contributed by atoms with E-state index in [0.717, 1.165) is 62.1 Å². The van der Waals surface area contributed by atoms with Gasteiger partial charge in [-0.25, -0.2) is 0 Å². The highest BCUT2D eigenvalue weighted by Crippen LogP contribution is 2.48. The van der Waals surface area contributed by atoms with Gasteiger partial charge in [-0.05, 0) is 55.6 Å². The van der Waals surface area contributed by atoms with Crippen LogP contribution in [-0.4, -0.2) is 55.7 Å². The van der Waals surface area contributed by atoms with Crippen molar-refractivity contribution in [3.05, 3.63) is 24.3 Å². The standard InChI is InChI=1S/C20H30N4O/c1-21-20(22-14-17(15-6-7-15)16-8-9-16)24-12-10-23(11-13-24)18-4-2-3-5-19(18)25/h2-5,15-17,25H,6-14H2,1H3,(H,21,22). The third-order valence-electron chi connectivity index (χ3n) is 5.96. The lowest BCUT2D eigenvalue weighted by Crippen LogP contribution is -2.53. The van der Waals surface area contributed by atoms with Crippen molar-refractivity contribution in [3.8, 4) is 5.75 Å². The molecule has 1 aromatic carbocycles. The first-order valence-electron chi connectivity index (χ1n) is 9.75. The maximum Gasteiger partial charge on any atom is 0.193 e. The first-order chi connectivity index (χ1) is 12.3. The Morgan fingerprint density at radius 3 is 2.32 bits per heavy atom. The van der Waals surface area contributed by atoms with Crippen LogP contribution in [0.1, 0.15) is 25.7 Å². The highest BCUT2D eigenvalue weighted by molar-refractivity contribution is 5.80. The molecule has 2 N–H and O–H groups in total. The zero-order valence-corrected chi connectivity index (χ0v) is 15.2. The minimum atomic E-state index is 0.371. The molecule has 0 aromatic heterocycles. The molecule has 2 aliphatic carbocycles. The summed E-state index contributed by atoms with van der Waals surface area (Å²) in [5.74, 6) is 4.21. The summed E-state index contributed by atoms with van der Waals surface area (Å²) in [4.78, 5) is 9.14. The molecule has 3 aliphatic rings. The number of anilines is 1. The predicted molar refractivity (Wildman–Crippen MR) is 102 cm³/mol. The van der Waals surface area contributed by atoms with Gasteiger partial charge in [-0.3, -0.25) is 4.99 Å². The lowest BCUT2D eigenvalue weighted by Gasteiger charge is -2.38. The van der Waals surface area contributed by atoms with Gasteiger partial charge in [0, 0.05) is 39.8 Å². The summed E-state index contributed by atoms with van der Waals surface area (Å²) in [5, 5.41) is 13.7.